The molecule has 33 heavy (non-hydrogen) atoms. The standard InChI is InChI=1S/C23H34BrN5O4/c1-21(2,3)23(33-20(25)31,15-6-10-32-11-7-15)17-12-18(27-19-16(24)13-26-29(17)19)28-22(14-30)8-4-5-9-22/h12-13,15,30H,4-11,14H2,1-3H3,(H2,25,31)(H,27,28). The van der Waals surface area contributed by atoms with Crippen LogP contribution in [0.2, 0.25) is 0 Å². The summed E-state index contributed by atoms with van der Waals surface area (Å²) in [5.41, 5.74) is 4.98. The third-order valence-corrected chi connectivity index (χ3v) is 7.80. The number of nitrogens with one attached hydrogen (secondary N) is 1. The number of carbonyl (C=O) groups is 1. The summed E-state index contributed by atoms with van der Waals surface area (Å²) in [4.78, 5) is 17.2. The molecule has 4 rings (SSSR count). The molecule has 2 fully saturated rings. The van der Waals surface area contributed by atoms with E-state index in [0.29, 0.717) is 30.4 Å². The van der Waals surface area contributed by atoms with Gasteiger partial charge in [-0.25, -0.2) is 14.3 Å². The van der Waals surface area contributed by atoms with Crippen molar-refractivity contribution in [3.05, 3.63) is 22.4 Å². The van der Waals surface area contributed by atoms with Crippen LogP contribution >= 0.6 is 15.9 Å². The van der Waals surface area contributed by atoms with Gasteiger partial charge in [0.15, 0.2) is 11.2 Å². The second-order valence-electron chi connectivity index (χ2n) is 10.3. The summed E-state index contributed by atoms with van der Waals surface area (Å²) in [5, 5.41) is 18.3. The first-order chi connectivity index (χ1) is 15.6. The highest BCUT2D eigenvalue weighted by Gasteiger charge is 2.55. The van der Waals surface area contributed by atoms with Gasteiger partial charge in [0.25, 0.3) is 0 Å². The molecule has 1 aliphatic carbocycles. The number of fused-ring (bicyclic) bond motifs is 1. The molecule has 9 nitrogen and oxygen atoms in total. The number of carbonyl (C=O) groups excluding carboxylic acids is 1. The summed E-state index contributed by atoms with van der Waals surface area (Å²) >= 11 is 3.57. The number of hydrogen-bond donors (Lipinski definition) is 3. The van der Waals surface area contributed by atoms with Crippen molar-refractivity contribution >= 4 is 33.5 Å². The van der Waals surface area contributed by atoms with Crippen LogP contribution in [0.25, 0.3) is 5.65 Å². The third-order valence-electron chi connectivity index (χ3n) is 7.24. The number of halogens is 1. The highest BCUT2D eigenvalue weighted by Crippen LogP contribution is 2.52. The molecule has 2 aliphatic rings. The minimum atomic E-state index is -1.08. The van der Waals surface area contributed by atoms with Gasteiger partial charge in [-0.3, -0.25) is 0 Å². The van der Waals surface area contributed by atoms with Crippen molar-refractivity contribution in [1.29, 1.82) is 0 Å². The minimum Gasteiger partial charge on any atom is -0.436 e. The second-order valence-corrected chi connectivity index (χ2v) is 11.2. The van der Waals surface area contributed by atoms with Crippen molar-refractivity contribution in [2.45, 2.75) is 70.4 Å². The quantitative estimate of drug-likeness (QED) is 0.522. The van der Waals surface area contributed by atoms with Gasteiger partial charge in [0, 0.05) is 30.6 Å². The molecule has 10 heteroatoms. The zero-order valence-electron chi connectivity index (χ0n) is 19.6. The Morgan fingerprint density at radius 1 is 1.36 bits per heavy atom. The number of primary amides is 1. The number of anilines is 1. The van der Waals surface area contributed by atoms with Gasteiger partial charge in [0.05, 0.1) is 28.5 Å². The number of nitrogens with zero attached hydrogens (tertiary/aromatic N) is 3. The van der Waals surface area contributed by atoms with E-state index >= 15 is 0 Å². The first-order valence-corrected chi connectivity index (χ1v) is 12.4. The molecule has 2 aromatic rings. The monoisotopic (exact) mass is 523 g/mol. The largest absolute Gasteiger partial charge is 0.436 e. The summed E-state index contributed by atoms with van der Waals surface area (Å²) < 4.78 is 14.2. The molecule has 0 radical (unpaired) electrons. The Morgan fingerprint density at radius 2 is 2.03 bits per heavy atom. The van der Waals surface area contributed by atoms with E-state index in [1.165, 1.54) is 0 Å². The molecule has 1 saturated carbocycles. The average molecular weight is 524 g/mol. The van der Waals surface area contributed by atoms with Gasteiger partial charge in [0.1, 0.15) is 5.82 Å². The molecule has 0 bridgehead atoms. The fourth-order valence-electron chi connectivity index (χ4n) is 5.67. The average Bonchev–Trinajstić information content (AvgIpc) is 3.39. The van der Waals surface area contributed by atoms with Gasteiger partial charge in [-0.2, -0.15) is 5.10 Å². The van der Waals surface area contributed by atoms with Crippen LogP contribution in [0.1, 0.15) is 65.0 Å². The van der Waals surface area contributed by atoms with E-state index in [1.807, 2.05) is 6.07 Å². The number of amides is 1. The molecule has 182 valence electrons. The van der Waals surface area contributed by atoms with Crippen molar-refractivity contribution in [2.75, 3.05) is 25.1 Å². The molecule has 1 atom stereocenters. The number of aliphatic hydroxyl groups excluding tert-OH is 1. The molecule has 1 aliphatic heterocycles. The van der Waals surface area contributed by atoms with Crippen LogP contribution in [-0.4, -0.2) is 51.2 Å². The normalized spacial score (nSPS) is 21.1. The van der Waals surface area contributed by atoms with E-state index in [9.17, 15) is 9.90 Å². The van der Waals surface area contributed by atoms with Gasteiger partial charge >= 0.3 is 6.09 Å². The van der Waals surface area contributed by atoms with Crippen LogP contribution in [0, 0.1) is 11.3 Å². The lowest BCUT2D eigenvalue weighted by Crippen LogP contribution is -2.53. The van der Waals surface area contributed by atoms with Crippen molar-refractivity contribution in [3.63, 3.8) is 0 Å². The molecule has 1 saturated heterocycles. The Hall–Kier alpha value is -1.91. The van der Waals surface area contributed by atoms with E-state index in [4.69, 9.17) is 20.2 Å². The number of hydrogen-bond acceptors (Lipinski definition) is 7. The maximum Gasteiger partial charge on any atom is 0.405 e. The summed E-state index contributed by atoms with van der Waals surface area (Å²) in [7, 11) is 0. The van der Waals surface area contributed by atoms with E-state index in [-0.39, 0.29) is 12.5 Å². The number of nitrogens with two attached hydrogens (primary N) is 1. The van der Waals surface area contributed by atoms with Crippen LogP contribution in [0.4, 0.5) is 10.6 Å². The Kier molecular flexibility index (Phi) is 6.63. The van der Waals surface area contributed by atoms with Crippen LogP contribution in [0.5, 0.6) is 0 Å². The molecule has 4 N–H and O–H groups in total. The summed E-state index contributed by atoms with van der Waals surface area (Å²) in [5.74, 6) is 0.585. The Balaban J connectivity index is 1.95. The van der Waals surface area contributed by atoms with Crippen molar-refractivity contribution < 1.29 is 19.4 Å². The van der Waals surface area contributed by atoms with Crippen molar-refractivity contribution in [1.82, 2.24) is 14.6 Å². The Bertz CT molecular complexity index is 1010. The predicted octanol–water partition coefficient (Wildman–Crippen LogP) is 3.97. The van der Waals surface area contributed by atoms with Gasteiger partial charge in [-0.1, -0.05) is 33.6 Å². The van der Waals surface area contributed by atoms with E-state index in [0.717, 1.165) is 43.0 Å². The summed E-state index contributed by atoms with van der Waals surface area (Å²) in [6, 6.07) is 1.91. The van der Waals surface area contributed by atoms with Crippen LogP contribution in [0.3, 0.4) is 0 Å². The zero-order valence-corrected chi connectivity index (χ0v) is 21.2. The second kappa shape index (κ2) is 9.03. The predicted molar refractivity (Wildman–Crippen MR) is 128 cm³/mol. The topological polar surface area (TPSA) is 124 Å². The van der Waals surface area contributed by atoms with Gasteiger partial charge in [0.2, 0.25) is 0 Å². The molecule has 1 amide bonds. The van der Waals surface area contributed by atoms with E-state index < -0.39 is 22.6 Å². The SMILES string of the molecule is CC(C)(C)C(OC(N)=O)(c1cc(NC2(CO)CCCC2)nc2c(Br)cnn12)C1CCOCC1. The molecule has 2 aromatic heterocycles. The van der Waals surface area contributed by atoms with Gasteiger partial charge in [-0.05, 0) is 41.6 Å². The number of aromatic nitrogens is 3. The maximum atomic E-state index is 12.3. The molecular formula is C23H34BrN5O4. The Labute approximate surface area is 202 Å². The molecule has 0 spiro atoms. The molecular weight excluding hydrogens is 490 g/mol. The smallest absolute Gasteiger partial charge is 0.405 e. The molecule has 0 aromatic carbocycles. The van der Waals surface area contributed by atoms with E-state index in [1.54, 1.807) is 10.7 Å². The van der Waals surface area contributed by atoms with Crippen LogP contribution in [-0.2, 0) is 15.1 Å². The lowest BCUT2D eigenvalue weighted by molar-refractivity contribution is -0.142. The Morgan fingerprint density at radius 3 is 2.61 bits per heavy atom. The first kappa shape index (κ1) is 24.2. The van der Waals surface area contributed by atoms with Gasteiger partial charge in [-0.15, -0.1) is 0 Å². The molecule has 1 unspecified atom stereocenters. The minimum absolute atomic E-state index is 0.0256. The molecule has 3 heterocycles. The number of rotatable bonds is 6. The van der Waals surface area contributed by atoms with Crippen LogP contribution < -0.4 is 11.1 Å². The lowest BCUT2D eigenvalue weighted by atomic mass is 9.64. The highest BCUT2D eigenvalue weighted by molar-refractivity contribution is 9.10. The van der Waals surface area contributed by atoms with E-state index in [2.05, 4.69) is 47.1 Å². The lowest BCUT2D eigenvalue weighted by Gasteiger charge is -2.49. The summed E-state index contributed by atoms with van der Waals surface area (Å²) in [6.07, 6.45) is 6.15. The third kappa shape index (κ3) is 4.33. The van der Waals surface area contributed by atoms with Crippen molar-refractivity contribution in [2.24, 2.45) is 17.1 Å². The maximum absolute atomic E-state index is 12.3. The van der Waals surface area contributed by atoms with Gasteiger partial charge < -0.3 is 25.6 Å². The summed E-state index contributed by atoms with van der Waals surface area (Å²) in [6.45, 7) is 7.35. The fraction of sp³-hybridized carbons (Fsp3) is 0.696. The van der Waals surface area contributed by atoms with Crippen LogP contribution in [0.15, 0.2) is 16.7 Å². The van der Waals surface area contributed by atoms with Crippen molar-refractivity contribution in [3.8, 4) is 0 Å². The fourth-order valence-corrected chi connectivity index (χ4v) is 6.02. The zero-order chi connectivity index (χ0) is 23.9. The highest BCUT2D eigenvalue weighted by atomic mass is 79.9. The number of aliphatic hydroxyl groups is 1. The first-order valence-electron chi connectivity index (χ1n) is 11.6. The number of ether oxygens (including phenoxy) is 2.